The van der Waals surface area contributed by atoms with E-state index in [1.807, 2.05) is 64.5 Å². The van der Waals surface area contributed by atoms with Crippen LogP contribution in [0, 0.1) is 6.92 Å². The molecule has 5 rings (SSSR count). The van der Waals surface area contributed by atoms with Crippen molar-refractivity contribution in [3.63, 3.8) is 0 Å². The molecule has 0 N–H and O–H groups in total. The summed E-state index contributed by atoms with van der Waals surface area (Å²) in [6.45, 7) is 11.0. The molecular formula is C28H32ClN5O2. The third-order valence-corrected chi connectivity index (χ3v) is 6.95. The topological polar surface area (TPSA) is 63.5 Å². The highest BCUT2D eigenvalue weighted by Gasteiger charge is 2.34. The van der Waals surface area contributed by atoms with Crippen molar-refractivity contribution < 1.29 is 9.53 Å². The van der Waals surface area contributed by atoms with Crippen molar-refractivity contribution in [3.05, 3.63) is 82.2 Å². The fourth-order valence-corrected chi connectivity index (χ4v) is 5.16. The average Bonchev–Trinajstić information content (AvgIpc) is 3.18. The molecule has 1 saturated heterocycles. The lowest BCUT2D eigenvalue weighted by Crippen LogP contribution is -2.51. The summed E-state index contributed by atoms with van der Waals surface area (Å²) >= 11 is 6.47. The van der Waals surface area contributed by atoms with Crippen LogP contribution in [0.15, 0.2) is 48.9 Å². The van der Waals surface area contributed by atoms with Gasteiger partial charge in [0.2, 0.25) is 0 Å². The molecule has 1 amide bonds. The number of piperazine rings is 1. The maximum Gasteiger partial charge on any atom is 0.410 e. The first-order valence-electron chi connectivity index (χ1n) is 12.3. The van der Waals surface area contributed by atoms with E-state index in [1.165, 1.54) is 5.56 Å². The van der Waals surface area contributed by atoms with Crippen LogP contribution in [-0.4, -0.2) is 62.2 Å². The maximum absolute atomic E-state index is 12.7. The molecule has 36 heavy (non-hydrogen) atoms. The molecule has 1 aromatic carbocycles. The molecule has 3 aromatic rings. The molecule has 1 fully saturated rings. The van der Waals surface area contributed by atoms with Gasteiger partial charge in [-0.3, -0.25) is 9.88 Å². The highest BCUT2D eigenvalue weighted by Crippen LogP contribution is 2.40. The van der Waals surface area contributed by atoms with Crippen LogP contribution in [0.25, 0.3) is 11.6 Å². The summed E-state index contributed by atoms with van der Waals surface area (Å²) in [7, 11) is 0. The predicted molar refractivity (Wildman–Crippen MR) is 142 cm³/mol. The molecule has 0 spiro atoms. The molecule has 1 aliphatic carbocycles. The Balaban J connectivity index is 1.50. The van der Waals surface area contributed by atoms with E-state index in [0.717, 1.165) is 41.3 Å². The molecule has 0 saturated carbocycles. The van der Waals surface area contributed by atoms with Crippen LogP contribution < -0.4 is 0 Å². The van der Waals surface area contributed by atoms with E-state index < -0.39 is 5.60 Å². The van der Waals surface area contributed by atoms with Gasteiger partial charge in [0.25, 0.3) is 0 Å². The van der Waals surface area contributed by atoms with E-state index in [1.54, 1.807) is 4.90 Å². The van der Waals surface area contributed by atoms with Gasteiger partial charge >= 0.3 is 6.09 Å². The molecule has 0 bridgehead atoms. The Morgan fingerprint density at radius 3 is 2.58 bits per heavy atom. The van der Waals surface area contributed by atoms with Crippen LogP contribution in [0.1, 0.15) is 55.0 Å². The number of aromatic nitrogens is 3. The van der Waals surface area contributed by atoms with Crippen LogP contribution >= 0.6 is 11.6 Å². The van der Waals surface area contributed by atoms with Crippen molar-refractivity contribution in [1.29, 1.82) is 0 Å². The third-order valence-electron chi connectivity index (χ3n) is 6.71. The molecule has 1 unspecified atom stereocenters. The zero-order chi connectivity index (χ0) is 25.4. The SMILES string of the molecule is Cc1nccn1CC1=Cc2cc(Cl)ccc2C(N2CCN(C(=O)OC(C)(C)C)CC2)c2ncccc21. The number of halogens is 1. The van der Waals surface area contributed by atoms with E-state index in [-0.39, 0.29) is 12.1 Å². The molecule has 8 heteroatoms. The fourth-order valence-electron chi connectivity index (χ4n) is 4.98. The number of amides is 1. The Labute approximate surface area is 217 Å². The number of rotatable bonds is 3. The second-order valence-electron chi connectivity index (χ2n) is 10.4. The van der Waals surface area contributed by atoms with Crippen molar-refractivity contribution in [2.75, 3.05) is 26.2 Å². The average molecular weight is 506 g/mol. The number of allylic oxidation sites excluding steroid dienone is 1. The van der Waals surface area contributed by atoms with Crippen molar-refractivity contribution in [3.8, 4) is 0 Å². The van der Waals surface area contributed by atoms with Gasteiger partial charge in [-0.15, -0.1) is 0 Å². The summed E-state index contributed by atoms with van der Waals surface area (Å²) in [6, 6.07) is 10.2. The summed E-state index contributed by atoms with van der Waals surface area (Å²) in [5.41, 5.74) is 5.06. The third kappa shape index (κ3) is 5.04. The summed E-state index contributed by atoms with van der Waals surface area (Å²) in [5, 5.41) is 0.704. The van der Waals surface area contributed by atoms with Crippen molar-refractivity contribution >= 4 is 29.3 Å². The van der Waals surface area contributed by atoms with Crippen LogP contribution in [-0.2, 0) is 11.3 Å². The van der Waals surface area contributed by atoms with Crippen LogP contribution in [0.5, 0.6) is 0 Å². The van der Waals surface area contributed by atoms with Gasteiger partial charge in [0.1, 0.15) is 11.4 Å². The van der Waals surface area contributed by atoms with Gasteiger partial charge in [0.05, 0.1) is 11.7 Å². The smallest absolute Gasteiger partial charge is 0.410 e. The minimum atomic E-state index is -0.508. The standard InChI is InChI=1S/C28H32ClN5O2/c1-19-30-10-11-34(19)18-21-16-20-17-22(29)7-8-24(20)26(25-23(21)6-5-9-31-25)32-12-14-33(15-13-32)27(35)36-28(2,3)4/h5-11,16-17,26H,12-15,18H2,1-4H3. The second-order valence-corrected chi connectivity index (χ2v) is 10.8. The normalized spacial score (nSPS) is 18.2. The van der Waals surface area contributed by atoms with E-state index >= 15 is 0 Å². The van der Waals surface area contributed by atoms with Gasteiger partial charge in [0.15, 0.2) is 0 Å². The second kappa shape index (κ2) is 9.71. The molecule has 0 radical (unpaired) electrons. The van der Waals surface area contributed by atoms with Gasteiger partial charge in [-0.1, -0.05) is 23.7 Å². The van der Waals surface area contributed by atoms with Crippen LogP contribution in [0.3, 0.4) is 0 Å². The fraction of sp³-hybridized carbons (Fsp3) is 0.393. The lowest BCUT2D eigenvalue weighted by Gasteiger charge is -2.40. The quantitative estimate of drug-likeness (QED) is 0.474. The number of imidazole rings is 1. The lowest BCUT2D eigenvalue weighted by molar-refractivity contribution is 0.0118. The van der Waals surface area contributed by atoms with Crippen LogP contribution in [0.2, 0.25) is 5.02 Å². The first kappa shape index (κ1) is 24.5. The van der Waals surface area contributed by atoms with Gasteiger partial charge in [-0.2, -0.15) is 0 Å². The first-order chi connectivity index (χ1) is 17.2. The number of hydrogen-bond donors (Lipinski definition) is 0. The predicted octanol–water partition coefficient (Wildman–Crippen LogP) is 5.44. The number of benzene rings is 1. The van der Waals surface area contributed by atoms with Crippen LogP contribution in [0.4, 0.5) is 4.79 Å². The van der Waals surface area contributed by atoms with Crippen molar-refractivity contribution in [2.45, 2.75) is 45.9 Å². The molecule has 188 valence electrons. The number of carbonyl (C=O) groups is 1. The number of nitrogens with zero attached hydrogens (tertiary/aromatic N) is 5. The van der Waals surface area contributed by atoms with Gasteiger partial charge in [-0.05, 0) is 68.7 Å². The lowest BCUT2D eigenvalue weighted by atomic mass is 9.95. The van der Waals surface area contributed by atoms with Gasteiger partial charge in [0, 0.05) is 61.9 Å². The summed E-state index contributed by atoms with van der Waals surface area (Å²) in [6.07, 6.45) is 7.67. The van der Waals surface area contributed by atoms with Gasteiger partial charge < -0.3 is 14.2 Å². The number of aryl methyl sites for hydroxylation is 1. The minimum Gasteiger partial charge on any atom is -0.444 e. The Hall–Kier alpha value is -3.16. The zero-order valence-electron chi connectivity index (χ0n) is 21.2. The Kier molecular flexibility index (Phi) is 6.62. The number of hydrogen-bond acceptors (Lipinski definition) is 5. The number of pyridine rings is 1. The Morgan fingerprint density at radius 1 is 1.11 bits per heavy atom. The highest BCUT2D eigenvalue weighted by atomic mass is 35.5. The summed E-state index contributed by atoms with van der Waals surface area (Å²) in [4.78, 5) is 26.2. The maximum atomic E-state index is 12.7. The number of carbonyl (C=O) groups excluding carboxylic acids is 1. The zero-order valence-corrected chi connectivity index (χ0v) is 22.0. The number of ether oxygens (including phenoxy) is 1. The van der Waals surface area contributed by atoms with E-state index in [4.69, 9.17) is 21.3 Å². The molecule has 1 atom stereocenters. The summed E-state index contributed by atoms with van der Waals surface area (Å²) in [5.74, 6) is 0.965. The molecular weight excluding hydrogens is 474 g/mol. The number of fused-ring (bicyclic) bond motifs is 2. The first-order valence-corrected chi connectivity index (χ1v) is 12.7. The molecule has 2 aliphatic rings. The Bertz CT molecular complexity index is 1300. The van der Waals surface area contributed by atoms with E-state index in [2.05, 4.69) is 32.7 Å². The largest absolute Gasteiger partial charge is 0.444 e. The highest BCUT2D eigenvalue weighted by molar-refractivity contribution is 6.30. The minimum absolute atomic E-state index is 0.0492. The van der Waals surface area contributed by atoms with Gasteiger partial charge in [-0.25, -0.2) is 9.78 Å². The molecule has 2 aromatic heterocycles. The van der Waals surface area contributed by atoms with Crippen molar-refractivity contribution in [1.82, 2.24) is 24.3 Å². The molecule has 7 nitrogen and oxygen atoms in total. The molecule has 1 aliphatic heterocycles. The Morgan fingerprint density at radius 2 is 1.89 bits per heavy atom. The van der Waals surface area contributed by atoms with E-state index in [9.17, 15) is 4.79 Å². The van der Waals surface area contributed by atoms with Crippen molar-refractivity contribution in [2.24, 2.45) is 0 Å². The van der Waals surface area contributed by atoms with E-state index in [0.29, 0.717) is 24.7 Å². The summed E-state index contributed by atoms with van der Waals surface area (Å²) < 4.78 is 7.75. The molecule has 3 heterocycles. The monoisotopic (exact) mass is 505 g/mol.